The van der Waals surface area contributed by atoms with Crippen molar-refractivity contribution in [2.75, 3.05) is 0 Å². The van der Waals surface area contributed by atoms with Gasteiger partial charge in [0.05, 0.1) is 11.9 Å². The quantitative estimate of drug-likeness (QED) is 0.531. The van der Waals surface area contributed by atoms with Crippen LogP contribution < -0.4 is 11.3 Å². The zero-order valence-electron chi connectivity index (χ0n) is 6.27. The van der Waals surface area contributed by atoms with Crippen LogP contribution in [-0.4, -0.2) is 16.0 Å². The number of hydrogen-bond donors (Lipinski definition) is 2. The second-order valence-corrected chi connectivity index (χ2v) is 2.43. The number of carbonyl (C=O) groups is 1. The first-order valence-corrected chi connectivity index (χ1v) is 3.48. The Balaban J connectivity index is 2.23. The molecule has 0 fully saturated rings. The SMILES string of the molecule is NC(=O)N1C=C2C=CC=CN2N1. The van der Waals surface area contributed by atoms with Gasteiger partial charge in [-0.3, -0.25) is 5.01 Å². The lowest BCUT2D eigenvalue weighted by Gasteiger charge is -2.18. The highest BCUT2D eigenvalue weighted by atomic mass is 16.2. The Morgan fingerprint density at radius 1 is 1.50 bits per heavy atom. The highest BCUT2D eigenvalue weighted by Crippen LogP contribution is 2.15. The van der Waals surface area contributed by atoms with Gasteiger partial charge < -0.3 is 5.73 Å². The third-order valence-corrected chi connectivity index (χ3v) is 1.61. The molecule has 0 bridgehead atoms. The number of nitrogens with two attached hydrogens (primary N) is 1. The summed E-state index contributed by atoms with van der Waals surface area (Å²) >= 11 is 0. The molecule has 0 aromatic heterocycles. The highest BCUT2D eigenvalue weighted by molar-refractivity contribution is 5.73. The normalized spacial score (nSPS) is 19.5. The van der Waals surface area contributed by atoms with Crippen molar-refractivity contribution in [2.45, 2.75) is 0 Å². The van der Waals surface area contributed by atoms with Crippen LogP contribution in [0, 0.1) is 0 Å². The Labute approximate surface area is 69.4 Å². The van der Waals surface area contributed by atoms with Gasteiger partial charge in [-0.05, 0) is 12.2 Å². The molecule has 5 nitrogen and oxygen atoms in total. The summed E-state index contributed by atoms with van der Waals surface area (Å²) < 4.78 is 0. The zero-order valence-corrected chi connectivity index (χ0v) is 6.27. The van der Waals surface area contributed by atoms with Gasteiger partial charge in [0.2, 0.25) is 0 Å². The van der Waals surface area contributed by atoms with E-state index in [1.54, 1.807) is 17.4 Å². The maximum absolute atomic E-state index is 10.7. The molecule has 0 spiro atoms. The van der Waals surface area contributed by atoms with E-state index in [-0.39, 0.29) is 0 Å². The molecule has 2 aliphatic heterocycles. The maximum Gasteiger partial charge on any atom is 0.334 e. The summed E-state index contributed by atoms with van der Waals surface area (Å²) in [6.07, 6.45) is 9.04. The van der Waals surface area contributed by atoms with E-state index in [4.69, 9.17) is 5.73 Å². The second-order valence-electron chi connectivity index (χ2n) is 2.43. The fourth-order valence-corrected chi connectivity index (χ4v) is 1.04. The molecule has 0 aliphatic carbocycles. The Bertz CT molecular complexity index is 305. The molecule has 2 heterocycles. The lowest BCUT2D eigenvalue weighted by molar-refractivity contribution is 0.173. The summed E-state index contributed by atoms with van der Waals surface area (Å²) in [4.78, 5) is 10.7. The molecule has 0 saturated carbocycles. The van der Waals surface area contributed by atoms with Crippen LogP contribution in [0.1, 0.15) is 0 Å². The van der Waals surface area contributed by atoms with E-state index in [9.17, 15) is 4.79 Å². The van der Waals surface area contributed by atoms with Gasteiger partial charge in [0.15, 0.2) is 0 Å². The molecule has 0 radical (unpaired) electrons. The van der Waals surface area contributed by atoms with Gasteiger partial charge in [0.1, 0.15) is 0 Å². The van der Waals surface area contributed by atoms with Crippen LogP contribution in [0.4, 0.5) is 4.79 Å². The highest BCUT2D eigenvalue weighted by Gasteiger charge is 2.20. The third kappa shape index (κ3) is 0.960. The maximum atomic E-state index is 10.7. The minimum Gasteiger partial charge on any atom is -0.350 e. The number of allylic oxidation sites excluding steroid dienone is 3. The number of hydrazine groups is 2. The molecule has 2 amide bonds. The van der Waals surface area contributed by atoms with E-state index in [0.29, 0.717) is 0 Å². The Morgan fingerprint density at radius 3 is 3.00 bits per heavy atom. The third-order valence-electron chi connectivity index (χ3n) is 1.61. The lowest BCUT2D eigenvalue weighted by atomic mass is 10.3. The van der Waals surface area contributed by atoms with E-state index in [0.717, 1.165) is 5.70 Å². The first-order chi connectivity index (χ1) is 5.77. The van der Waals surface area contributed by atoms with Crippen LogP contribution in [0.2, 0.25) is 0 Å². The number of urea groups is 1. The van der Waals surface area contributed by atoms with Crippen molar-refractivity contribution in [3.05, 3.63) is 36.3 Å². The first kappa shape index (κ1) is 6.93. The van der Waals surface area contributed by atoms with E-state index < -0.39 is 6.03 Å². The van der Waals surface area contributed by atoms with E-state index >= 15 is 0 Å². The van der Waals surface area contributed by atoms with E-state index in [1.807, 2.05) is 18.2 Å². The number of primary amides is 1. The van der Waals surface area contributed by atoms with Crippen LogP contribution >= 0.6 is 0 Å². The standard InChI is InChI=1S/C7H8N4O/c8-7(12)11-5-6-3-1-2-4-10(6)9-11/h1-5,9H,(H2,8,12). The summed E-state index contributed by atoms with van der Waals surface area (Å²) in [6, 6.07) is -0.529. The molecular formula is C7H8N4O. The van der Waals surface area contributed by atoms with Crippen molar-refractivity contribution < 1.29 is 4.79 Å². The summed E-state index contributed by atoms with van der Waals surface area (Å²) in [5.41, 5.74) is 8.70. The summed E-state index contributed by atoms with van der Waals surface area (Å²) in [6.45, 7) is 0. The van der Waals surface area contributed by atoms with E-state index in [2.05, 4.69) is 5.53 Å². The van der Waals surface area contributed by atoms with Gasteiger partial charge in [0.25, 0.3) is 0 Å². The fraction of sp³-hybridized carbons (Fsp3) is 0. The summed E-state index contributed by atoms with van der Waals surface area (Å²) in [5, 5.41) is 2.92. The minimum absolute atomic E-state index is 0.529. The van der Waals surface area contributed by atoms with Crippen molar-refractivity contribution in [3.8, 4) is 0 Å². The topological polar surface area (TPSA) is 61.6 Å². The predicted molar refractivity (Wildman–Crippen MR) is 42.8 cm³/mol. The molecule has 0 atom stereocenters. The molecule has 2 aliphatic rings. The molecule has 62 valence electrons. The Kier molecular flexibility index (Phi) is 1.38. The Hall–Kier alpha value is -1.75. The van der Waals surface area contributed by atoms with Gasteiger partial charge in [0, 0.05) is 6.20 Å². The average Bonchev–Trinajstić information content (AvgIpc) is 2.46. The number of fused-ring (bicyclic) bond motifs is 1. The van der Waals surface area contributed by atoms with Gasteiger partial charge >= 0.3 is 6.03 Å². The molecular weight excluding hydrogens is 156 g/mol. The van der Waals surface area contributed by atoms with Crippen LogP contribution in [0.5, 0.6) is 0 Å². The van der Waals surface area contributed by atoms with Crippen molar-refractivity contribution in [3.63, 3.8) is 0 Å². The lowest BCUT2D eigenvalue weighted by Crippen LogP contribution is -2.43. The van der Waals surface area contributed by atoms with E-state index in [1.165, 1.54) is 5.01 Å². The number of rotatable bonds is 0. The Morgan fingerprint density at radius 2 is 2.33 bits per heavy atom. The van der Waals surface area contributed by atoms with Crippen LogP contribution in [0.25, 0.3) is 0 Å². The zero-order chi connectivity index (χ0) is 8.55. The van der Waals surface area contributed by atoms with Crippen molar-refractivity contribution in [2.24, 2.45) is 5.73 Å². The molecule has 0 unspecified atom stereocenters. The van der Waals surface area contributed by atoms with Crippen LogP contribution in [-0.2, 0) is 0 Å². The first-order valence-electron chi connectivity index (χ1n) is 3.48. The molecule has 0 saturated heterocycles. The fourth-order valence-electron chi connectivity index (χ4n) is 1.04. The second kappa shape index (κ2) is 2.38. The van der Waals surface area contributed by atoms with Gasteiger partial charge in [-0.15, -0.1) is 5.53 Å². The van der Waals surface area contributed by atoms with Gasteiger partial charge in [-0.25, -0.2) is 9.80 Å². The van der Waals surface area contributed by atoms with Crippen molar-refractivity contribution in [1.29, 1.82) is 0 Å². The molecule has 3 N–H and O–H groups in total. The molecule has 2 rings (SSSR count). The number of amides is 2. The number of hydrogen-bond acceptors (Lipinski definition) is 3. The van der Waals surface area contributed by atoms with Gasteiger partial charge in [-0.2, -0.15) is 0 Å². The number of carbonyl (C=O) groups excluding carboxylic acids is 1. The number of nitrogens with one attached hydrogen (secondary N) is 1. The molecule has 12 heavy (non-hydrogen) atoms. The monoisotopic (exact) mass is 164 g/mol. The number of nitrogens with zero attached hydrogens (tertiary/aromatic N) is 2. The largest absolute Gasteiger partial charge is 0.350 e. The molecule has 0 aromatic carbocycles. The van der Waals surface area contributed by atoms with Crippen LogP contribution in [0.3, 0.4) is 0 Å². The van der Waals surface area contributed by atoms with Crippen molar-refractivity contribution >= 4 is 6.03 Å². The minimum atomic E-state index is -0.529. The summed E-state index contributed by atoms with van der Waals surface area (Å²) in [7, 11) is 0. The molecule has 5 heteroatoms. The summed E-state index contributed by atoms with van der Waals surface area (Å²) in [5.74, 6) is 0. The van der Waals surface area contributed by atoms with Gasteiger partial charge in [-0.1, -0.05) is 6.08 Å². The molecule has 0 aromatic rings. The smallest absolute Gasteiger partial charge is 0.334 e. The average molecular weight is 164 g/mol. The van der Waals surface area contributed by atoms with Crippen LogP contribution in [0.15, 0.2) is 36.3 Å². The van der Waals surface area contributed by atoms with Crippen molar-refractivity contribution in [1.82, 2.24) is 15.6 Å². The predicted octanol–water partition coefficient (Wildman–Crippen LogP) is 0.0272.